The van der Waals surface area contributed by atoms with E-state index in [0.29, 0.717) is 24.5 Å². The predicted octanol–water partition coefficient (Wildman–Crippen LogP) is 3.69. The van der Waals surface area contributed by atoms with Gasteiger partial charge in [0, 0.05) is 29.2 Å². The zero-order valence-electron chi connectivity index (χ0n) is 14.1. The van der Waals surface area contributed by atoms with Crippen molar-refractivity contribution >= 4 is 5.78 Å². The van der Waals surface area contributed by atoms with E-state index in [9.17, 15) is 15.2 Å². The fraction of sp³-hybridized carbons (Fsp3) is 0.700. The van der Waals surface area contributed by atoms with Gasteiger partial charge in [-0.3, -0.25) is 4.79 Å². The van der Waals surface area contributed by atoms with Crippen molar-refractivity contribution in [2.45, 2.75) is 64.4 Å². The topological polar surface area (TPSA) is 61.1 Å². The second-order valence-electron chi connectivity index (χ2n) is 8.53. The molecule has 23 heavy (non-hydrogen) atoms. The number of fused-ring (bicyclic) bond motifs is 5. The van der Waals surface area contributed by atoms with Crippen LogP contribution in [0.1, 0.15) is 58.8 Å². The van der Waals surface area contributed by atoms with Gasteiger partial charge in [-0.2, -0.15) is 5.26 Å². The number of Topliss-reactive ketones (excluding diaryl/α,β-unsaturated/α-hetero) is 1. The van der Waals surface area contributed by atoms with Gasteiger partial charge in [-0.05, 0) is 43.9 Å². The first-order valence-electron chi connectivity index (χ1n) is 8.89. The summed E-state index contributed by atoms with van der Waals surface area (Å²) in [5.74, 6) is 0.860. The maximum absolute atomic E-state index is 11.9. The molecular weight excluding hydrogens is 286 g/mol. The smallest absolute Gasteiger partial charge is 0.136 e. The van der Waals surface area contributed by atoms with Gasteiger partial charge in [0.05, 0.1) is 11.7 Å². The standard InChI is InChI=1S/C20H25NO2/c1-18-9-10-20(23)17(16(18)5-4-14(18)12-21)6-3-13-11-15(22)7-8-19(13,20)2/h3-4,16-17,23H,5-11H2,1-2H3/t16-,17+,18-,19-,20+/m0/s1. The van der Waals surface area contributed by atoms with E-state index in [0.717, 1.165) is 37.7 Å². The number of allylic oxidation sites excluding steroid dienone is 3. The molecule has 3 nitrogen and oxygen atoms in total. The molecule has 0 aromatic carbocycles. The Hall–Kier alpha value is -1.40. The highest BCUT2D eigenvalue weighted by molar-refractivity contribution is 5.83. The Morgan fingerprint density at radius 2 is 1.91 bits per heavy atom. The largest absolute Gasteiger partial charge is 0.389 e. The summed E-state index contributed by atoms with van der Waals surface area (Å²) in [7, 11) is 0. The molecule has 5 atom stereocenters. The minimum Gasteiger partial charge on any atom is -0.389 e. The summed E-state index contributed by atoms with van der Waals surface area (Å²) >= 11 is 0. The zero-order valence-corrected chi connectivity index (χ0v) is 14.1. The van der Waals surface area contributed by atoms with Crippen LogP contribution >= 0.6 is 0 Å². The molecule has 0 saturated heterocycles. The Labute approximate surface area is 138 Å². The first-order valence-corrected chi connectivity index (χ1v) is 8.89. The highest BCUT2D eigenvalue weighted by Crippen LogP contribution is 2.66. The van der Waals surface area contributed by atoms with Crippen molar-refractivity contribution in [3.8, 4) is 6.07 Å². The van der Waals surface area contributed by atoms with Crippen molar-refractivity contribution in [2.75, 3.05) is 0 Å². The quantitative estimate of drug-likeness (QED) is 0.694. The summed E-state index contributed by atoms with van der Waals surface area (Å²) < 4.78 is 0. The van der Waals surface area contributed by atoms with Crippen LogP contribution in [0.4, 0.5) is 0 Å². The van der Waals surface area contributed by atoms with E-state index in [2.05, 4.69) is 32.1 Å². The van der Waals surface area contributed by atoms with Crippen LogP contribution in [0.3, 0.4) is 0 Å². The SMILES string of the molecule is C[C@@]12CC[C@@]3(O)[C@H](CC=C4CC(=O)CC[C@@]43C)[C@@H]1CC=C2C#N. The Balaban J connectivity index is 1.76. The van der Waals surface area contributed by atoms with Crippen molar-refractivity contribution in [1.82, 2.24) is 0 Å². The molecule has 0 aromatic rings. The third-order valence-corrected chi connectivity index (χ3v) is 7.83. The Kier molecular flexibility index (Phi) is 3.01. The molecule has 4 aliphatic carbocycles. The highest BCUT2D eigenvalue weighted by Gasteiger charge is 2.64. The van der Waals surface area contributed by atoms with E-state index < -0.39 is 5.60 Å². The van der Waals surface area contributed by atoms with Crippen LogP contribution in [0.25, 0.3) is 0 Å². The van der Waals surface area contributed by atoms with Crippen LogP contribution < -0.4 is 0 Å². The van der Waals surface area contributed by atoms with E-state index in [-0.39, 0.29) is 16.7 Å². The molecule has 1 N–H and O–H groups in total. The molecule has 0 unspecified atom stereocenters. The van der Waals surface area contributed by atoms with Gasteiger partial charge >= 0.3 is 0 Å². The Morgan fingerprint density at radius 1 is 1.17 bits per heavy atom. The van der Waals surface area contributed by atoms with E-state index >= 15 is 0 Å². The molecule has 0 amide bonds. The van der Waals surface area contributed by atoms with Crippen LogP contribution in [0.15, 0.2) is 23.3 Å². The number of nitriles is 1. The van der Waals surface area contributed by atoms with Crippen LogP contribution in [0.5, 0.6) is 0 Å². The maximum Gasteiger partial charge on any atom is 0.136 e. The molecule has 122 valence electrons. The van der Waals surface area contributed by atoms with Crippen molar-refractivity contribution in [2.24, 2.45) is 22.7 Å². The molecule has 0 bridgehead atoms. The number of hydrogen-bond donors (Lipinski definition) is 1. The van der Waals surface area contributed by atoms with Crippen molar-refractivity contribution in [1.29, 1.82) is 5.26 Å². The fourth-order valence-electron chi connectivity index (χ4n) is 6.16. The van der Waals surface area contributed by atoms with Gasteiger partial charge < -0.3 is 5.11 Å². The van der Waals surface area contributed by atoms with Crippen molar-refractivity contribution in [3.63, 3.8) is 0 Å². The monoisotopic (exact) mass is 311 g/mol. The van der Waals surface area contributed by atoms with Crippen LogP contribution in [0, 0.1) is 34.0 Å². The summed E-state index contributed by atoms with van der Waals surface area (Å²) in [6.45, 7) is 4.39. The van der Waals surface area contributed by atoms with Crippen molar-refractivity contribution < 1.29 is 9.90 Å². The van der Waals surface area contributed by atoms with Crippen molar-refractivity contribution in [3.05, 3.63) is 23.3 Å². The van der Waals surface area contributed by atoms with Gasteiger partial charge in [0.25, 0.3) is 0 Å². The molecule has 3 heteroatoms. The van der Waals surface area contributed by atoms with Gasteiger partial charge in [-0.1, -0.05) is 31.6 Å². The number of hydrogen-bond acceptors (Lipinski definition) is 3. The lowest BCUT2D eigenvalue weighted by Crippen LogP contribution is -2.62. The number of nitrogens with zero attached hydrogens (tertiary/aromatic N) is 1. The number of carbonyl (C=O) groups is 1. The molecule has 0 radical (unpaired) electrons. The molecule has 4 rings (SSSR count). The average Bonchev–Trinajstić information content (AvgIpc) is 2.86. The molecule has 0 heterocycles. The van der Waals surface area contributed by atoms with Crippen LogP contribution in [-0.4, -0.2) is 16.5 Å². The normalized spacial score (nSPS) is 48.5. The second-order valence-corrected chi connectivity index (χ2v) is 8.53. The average molecular weight is 311 g/mol. The molecule has 0 aliphatic heterocycles. The third-order valence-electron chi connectivity index (χ3n) is 7.83. The summed E-state index contributed by atoms with van der Waals surface area (Å²) in [5.41, 5.74) is 1.03. The van der Waals surface area contributed by atoms with Crippen LogP contribution in [0.2, 0.25) is 0 Å². The minimum atomic E-state index is -0.722. The lowest BCUT2D eigenvalue weighted by atomic mass is 9.45. The van der Waals surface area contributed by atoms with E-state index in [4.69, 9.17) is 0 Å². The third kappa shape index (κ3) is 1.71. The molecule has 0 spiro atoms. The lowest BCUT2D eigenvalue weighted by Gasteiger charge is -2.61. The highest BCUT2D eigenvalue weighted by atomic mass is 16.3. The number of ketones is 1. The number of rotatable bonds is 0. The summed E-state index contributed by atoms with van der Waals surface area (Å²) in [4.78, 5) is 11.9. The fourth-order valence-corrected chi connectivity index (χ4v) is 6.16. The summed E-state index contributed by atoms with van der Waals surface area (Å²) in [6, 6.07) is 2.40. The Bertz CT molecular complexity index is 684. The molecule has 2 saturated carbocycles. The molecule has 0 aromatic heterocycles. The number of aliphatic hydroxyl groups is 1. The maximum atomic E-state index is 11.9. The zero-order chi connectivity index (χ0) is 16.5. The molecule has 2 fully saturated rings. The summed E-state index contributed by atoms with van der Waals surface area (Å²) in [5, 5.41) is 21.3. The molecule has 4 aliphatic rings. The van der Waals surface area contributed by atoms with Crippen LogP contribution in [-0.2, 0) is 4.79 Å². The van der Waals surface area contributed by atoms with E-state index in [1.807, 2.05) is 0 Å². The van der Waals surface area contributed by atoms with Gasteiger partial charge in [0.2, 0.25) is 0 Å². The van der Waals surface area contributed by atoms with Gasteiger partial charge in [0.1, 0.15) is 5.78 Å². The number of carbonyl (C=O) groups excluding carboxylic acids is 1. The Morgan fingerprint density at radius 3 is 2.65 bits per heavy atom. The first kappa shape index (κ1) is 15.1. The lowest BCUT2D eigenvalue weighted by molar-refractivity contribution is -0.177. The van der Waals surface area contributed by atoms with Gasteiger partial charge in [-0.15, -0.1) is 0 Å². The predicted molar refractivity (Wildman–Crippen MR) is 87.2 cm³/mol. The molecular formula is C20H25NO2. The first-order chi connectivity index (χ1) is 10.8. The van der Waals surface area contributed by atoms with Gasteiger partial charge in [-0.25, -0.2) is 0 Å². The minimum absolute atomic E-state index is 0.0716. The van der Waals surface area contributed by atoms with E-state index in [1.54, 1.807) is 0 Å². The summed E-state index contributed by atoms with van der Waals surface area (Å²) in [6.07, 6.45) is 9.60. The van der Waals surface area contributed by atoms with Gasteiger partial charge in [0.15, 0.2) is 0 Å². The second kappa shape index (κ2) is 4.57. The van der Waals surface area contributed by atoms with E-state index in [1.165, 1.54) is 5.57 Å².